The van der Waals surface area contributed by atoms with Gasteiger partial charge in [0.1, 0.15) is 5.75 Å². The number of para-hydroxylation sites is 1. The van der Waals surface area contributed by atoms with Crippen molar-refractivity contribution in [1.29, 1.82) is 0 Å². The van der Waals surface area contributed by atoms with Gasteiger partial charge in [-0.3, -0.25) is 4.79 Å². The molecule has 0 aliphatic carbocycles. The van der Waals surface area contributed by atoms with Crippen molar-refractivity contribution < 1.29 is 17.9 Å². The Balaban J connectivity index is 1.78. The first-order chi connectivity index (χ1) is 13.3. The van der Waals surface area contributed by atoms with Gasteiger partial charge in [0, 0.05) is 26.4 Å². The van der Waals surface area contributed by atoms with E-state index in [9.17, 15) is 13.2 Å². The minimum absolute atomic E-state index is 0.0445. The first kappa shape index (κ1) is 22.3. The molecule has 0 aromatic heterocycles. The highest BCUT2D eigenvalue weighted by atomic mass is 32.2. The first-order valence-electron chi connectivity index (χ1n) is 8.82. The second-order valence-electron chi connectivity index (χ2n) is 6.34. The molecule has 2 aromatic carbocycles. The van der Waals surface area contributed by atoms with Crippen LogP contribution >= 0.6 is 11.8 Å². The normalized spacial score (nSPS) is 11.4. The summed E-state index contributed by atoms with van der Waals surface area (Å²) in [6, 6.07) is 14.6. The van der Waals surface area contributed by atoms with Gasteiger partial charge in [-0.2, -0.15) is 0 Å². The topological polar surface area (TPSA) is 75.7 Å². The number of hydrogen-bond acceptors (Lipinski definition) is 5. The molecule has 28 heavy (non-hydrogen) atoms. The average molecular weight is 423 g/mol. The molecule has 8 heteroatoms. The number of sulfonamides is 1. The van der Waals surface area contributed by atoms with E-state index in [-0.39, 0.29) is 10.8 Å². The summed E-state index contributed by atoms with van der Waals surface area (Å²) in [4.78, 5) is 12.3. The second-order valence-corrected chi connectivity index (χ2v) is 9.48. The molecule has 152 valence electrons. The number of carbonyl (C=O) groups is 1. The minimum Gasteiger partial charge on any atom is -0.496 e. The number of amides is 1. The quantitative estimate of drug-likeness (QED) is 0.637. The molecule has 2 rings (SSSR count). The van der Waals surface area contributed by atoms with E-state index in [4.69, 9.17) is 4.74 Å². The third-order valence-corrected chi connectivity index (χ3v) is 6.90. The van der Waals surface area contributed by atoms with Crippen LogP contribution < -0.4 is 10.1 Å². The Labute approximate surface area is 171 Å². The van der Waals surface area contributed by atoms with Crippen molar-refractivity contribution in [2.75, 3.05) is 33.5 Å². The van der Waals surface area contributed by atoms with Crippen molar-refractivity contribution in [2.24, 2.45) is 0 Å². The fourth-order valence-electron chi connectivity index (χ4n) is 2.57. The third kappa shape index (κ3) is 6.25. The van der Waals surface area contributed by atoms with Gasteiger partial charge < -0.3 is 10.1 Å². The minimum atomic E-state index is -3.45. The maximum absolute atomic E-state index is 12.2. The van der Waals surface area contributed by atoms with Gasteiger partial charge in [0.15, 0.2) is 0 Å². The van der Waals surface area contributed by atoms with E-state index in [2.05, 4.69) is 5.32 Å². The predicted octanol–water partition coefficient (Wildman–Crippen LogP) is 2.54. The van der Waals surface area contributed by atoms with Crippen LogP contribution in [0, 0.1) is 0 Å². The summed E-state index contributed by atoms with van der Waals surface area (Å²) in [5.41, 5.74) is 1.92. The van der Waals surface area contributed by atoms with Crippen LogP contribution in [0.5, 0.6) is 5.75 Å². The maximum Gasteiger partial charge on any atom is 0.242 e. The van der Waals surface area contributed by atoms with Crippen LogP contribution in [0.1, 0.15) is 11.1 Å². The number of nitrogens with one attached hydrogen (secondary N) is 1. The SMILES string of the molecule is COc1ccccc1CCNC(=O)CSCc1cccc(S(=O)(=O)N(C)C)c1. The molecule has 0 aliphatic heterocycles. The van der Waals surface area contributed by atoms with E-state index in [1.807, 2.05) is 30.3 Å². The molecule has 0 saturated carbocycles. The van der Waals surface area contributed by atoms with Crippen LogP contribution in [0.2, 0.25) is 0 Å². The molecule has 0 aliphatic rings. The monoisotopic (exact) mass is 422 g/mol. The van der Waals surface area contributed by atoms with Crippen molar-refractivity contribution in [1.82, 2.24) is 9.62 Å². The summed E-state index contributed by atoms with van der Waals surface area (Å²) in [5.74, 6) is 1.66. The number of thioether (sulfide) groups is 1. The molecular weight excluding hydrogens is 396 g/mol. The molecule has 0 saturated heterocycles. The number of carbonyl (C=O) groups excluding carboxylic acids is 1. The van der Waals surface area contributed by atoms with Crippen molar-refractivity contribution in [3.05, 3.63) is 59.7 Å². The Morgan fingerprint density at radius 2 is 1.89 bits per heavy atom. The van der Waals surface area contributed by atoms with Crippen molar-refractivity contribution in [3.63, 3.8) is 0 Å². The lowest BCUT2D eigenvalue weighted by Crippen LogP contribution is -2.27. The average Bonchev–Trinajstić information content (AvgIpc) is 2.68. The first-order valence-corrected chi connectivity index (χ1v) is 11.4. The van der Waals surface area contributed by atoms with E-state index in [1.165, 1.54) is 30.2 Å². The van der Waals surface area contributed by atoms with Gasteiger partial charge in [-0.1, -0.05) is 30.3 Å². The summed E-state index contributed by atoms with van der Waals surface area (Å²) in [6.45, 7) is 0.538. The molecular formula is C20H26N2O4S2. The van der Waals surface area contributed by atoms with Gasteiger partial charge in [-0.15, -0.1) is 11.8 Å². The van der Waals surface area contributed by atoms with Gasteiger partial charge in [-0.05, 0) is 35.7 Å². The van der Waals surface area contributed by atoms with Crippen LogP contribution in [0.3, 0.4) is 0 Å². The highest BCUT2D eigenvalue weighted by molar-refractivity contribution is 7.99. The zero-order chi connectivity index (χ0) is 20.6. The second kappa shape index (κ2) is 10.5. The van der Waals surface area contributed by atoms with Crippen LogP contribution in [-0.2, 0) is 27.0 Å². The lowest BCUT2D eigenvalue weighted by atomic mass is 10.1. The zero-order valence-corrected chi connectivity index (χ0v) is 18.0. The number of rotatable bonds is 10. The van der Waals surface area contributed by atoms with Gasteiger partial charge >= 0.3 is 0 Å². The number of hydrogen-bond donors (Lipinski definition) is 1. The molecule has 6 nitrogen and oxygen atoms in total. The number of methoxy groups -OCH3 is 1. The van der Waals surface area contributed by atoms with Crippen LogP contribution in [0.15, 0.2) is 53.4 Å². The lowest BCUT2D eigenvalue weighted by molar-refractivity contribution is -0.118. The van der Waals surface area contributed by atoms with Crippen molar-refractivity contribution in [2.45, 2.75) is 17.1 Å². The van der Waals surface area contributed by atoms with Crippen molar-refractivity contribution in [3.8, 4) is 5.75 Å². The predicted molar refractivity (Wildman–Crippen MR) is 113 cm³/mol. The molecule has 0 bridgehead atoms. The van der Waals surface area contributed by atoms with Crippen LogP contribution in [0.4, 0.5) is 0 Å². The van der Waals surface area contributed by atoms with Gasteiger partial charge in [0.2, 0.25) is 15.9 Å². The molecule has 0 unspecified atom stereocenters. The highest BCUT2D eigenvalue weighted by Gasteiger charge is 2.17. The number of nitrogens with zero attached hydrogens (tertiary/aromatic N) is 1. The Morgan fingerprint density at radius 3 is 2.61 bits per heavy atom. The Kier molecular flexibility index (Phi) is 8.35. The van der Waals surface area contributed by atoms with Gasteiger partial charge in [-0.25, -0.2) is 12.7 Å². The summed E-state index contributed by atoms with van der Waals surface area (Å²) >= 11 is 1.45. The van der Waals surface area contributed by atoms with E-state index >= 15 is 0 Å². The number of benzene rings is 2. The maximum atomic E-state index is 12.2. The third-order valence-electron chi connectivity index (χ3n) is 4.09. The summed E-state index contributed by atoms with van der Waals surface area (Å²) in [5, 5.41) is 2.90. The van der Waals surface area contributed by atoms with E-state index in [1.54, 1.807) is 25.3 Å². The Bertz CT molecular complexity index is 899. The molecule has 0 heterocycles. The largest absolute Gasteiger partial charge is 0.496 e. The molecule has 1 N–H and O–H groups in total. The summed E-state index contributed by atoms with van der Waals surface area (Å²) in [7, 11) is 1.19. The Morgan fingerprint density at radius 1 is 1.14 bits per heavy atom. The fourth-order valence-corrected chi connectivity index (χ4v) is 4.34. The molecule has 0 atom stereocenters. The molecule has 1 amide bonds. The van der Waals surface area contributed by atoms with Gasteiger partial charge in [0.25, 0.3) is 0 Å². The lowest BCUT2D eigenvalue weighted by Gasteiger charge is -2.12. The van der Waals surface area contributed by atoms with E-state index in [0.29, 0.717) is 24.5 Å². The smallest absolute Gasteiger partial charge is 0.242 e. The highest BCUT2D eigenvalue weighted by Crippen LogP contribution is 2.19. The standard InChI is InChI=1S/C20H26N2O4S2/c1-22(2)28(24,25)18-9-6-7-16(13-18)14-27-15-20(23)21-12-11-17-8-4-5-10-19(17)26-3/h4-10,13H,11-12,14-15H2,1-3H3,(H,21,23). The fraction of sp³-hybridized carbons (Fsp3) is 0.350. The van der Waals surface area contributed by atoms with Crippen molar-refractivity contribution >= 4 is 27.7 Å². The molecule has 0 spiro atoms. The van der Waals surface area contributed by atoms with Gasteiger partial charge in [0.05, 0.1) is 17.8 Å². The van der Waals surface area contributed by atoms with Crippen LogP contribution in [-0.4, -0.2) is 52.1 Å². The van der Waals surface area contributed by atoms with E-state index < -0.39 is 10.0 Å². The molecule has 0 fully saturated rings. The van der Waals surface area contributed by atoms with E-state index in [0.717, 1.165) is 16.9 Å². The summed E-state index contributed by atoms with van der Waals surface area (Å²) < 4.78 is 30.9. The Hall–Kier alpha value is -2.03. The number of ether oxygens (including phenoxy) is 1. The van der Waals surface area contributed by atoms with Crippen LogP contribution in [0.25, 0.3) is 0 Å². The summed E-state index contributed by atoms with van der Waals surface area (Å²) in [6.07, 6.45) is 0.699. The molecule has 2 aromatic rings. The molecule has 0 radical (unpaired) electrons. The zero-order valence-electron chi connectivity index (χ0n) is 16.3.